The van der Waals surface area contributed by atoms with E-state index in [1.807, 2.05) is 7.05 Å². The molecule has 0 fully saturated rings. The predicted molar refractivity (Wildman–Crippen MR) is 88.9 cm³/mol. The van der Waals surface area contributed by atoms with Gasteiger partial charge in [0, 0.05) is 11.6 Å². The van der Waals surface area contributed by atoms with Crippen LogP contribution in [-0.4, -0.2) is 7.05 Å². The minimum atomic E-state index is 0.277. The maximum Gasteiger partial charge on any atom is 0.124 e. The fraction of sp³-hybridized carbons (Fsp3) is 0.368. The van der Waals surface area contributed by atoms with E-state index >= 15 is 0 Å². The summed E-state index contributed by atoms with van der Waals surface area (Å²) >= 11 is 0. The Balaban J connectivity index is 2.23. The van der Waals surface area contributed by atoms with Crippen LogP contribution in [0.2, 0.25) is 0 Å². The summed E-state index contributed by atoms with van der Waals surface area (Å²) in [5.41, 5.74) is 6.22. The van der Waals surface area contributed by atoms with Gasteiger partial charge in [-0.15, -0.1) is 0 Å². The van der Waals surface area contributed by atoms with E-state index in [9.17, 15) is 0 Å². The van der Waals surface area contributed by atoms with Crippen LogP contribution in [0.15, 0.2) is 36.4 Å². The first-order valence-corrected chi connectivity index (χ1v) is 7.48. The average Bonchev–Trinajstić information content (AvgIpc) is 2.47. The molecule has 0 saturated heterocycles. The average molecular weight is 283 g/mol. The van der Waals surface area contributed by atoms with E-state index in [0.29, 0.717) is 6.61 Å². The Morgan fingerprint density at radius 3 is 2.38 bits per heavy atom. The number of nitrogens with one attached hydrogen (secondary N) is 1. The van der Waals surface area contributed by atoms with Crippen LogP contribution in [0.25, 0.3) is 0 Å². The van der Waals surface area contributed by atoms with Crippen molar-refractivity contribution in [2.45, 2.75) is 40.3 Å². The first kappa shape index (κ1) is 15.6. The molecule has 0 aliphatic heterocycles. The third kappa shape index (κ3) is 3.85. The molecule has 2 heteroatoms. The number of hydrogen-bond donors (Lipinski definition) is 1. The summed E-state index contributed by atoms with van der Waals surface area (Å²) < 4.78 is 6.12. The van der Waals surface area contributed by atoms with Crippen molar-refractivity contribution in [2.75, 3.05) is 7.05 Å². The normalized spacial score (nSPS) is 12.2. The second-order valence-electron chi connectivity index (χ2n) is 5.77. The third-order valence-corrected chi connectivity index (χ3v) is 3.96. The van der Waals surface area contributed by atoms with E-state index in [-0.39, 0.29) is 6.04 Å². The van der Waals surface area contributed by atoms with Gasteiger partial charge >= 0.3 is 0 Å². The number of benzene rings is 2. The molecule has 2 nitrogen and oxygen atoms in total. The minimum absolute atomic E-state index is 0.277. The van der Waals surface area contributed by atoms with Crippen molar-refractivity contribution >= 4 is 0 Å². The van der Waals surface area contributed by atoms with Gasteiger partial charge in [-0.25, -0.2) is 0 Å². The van der Waals surface area contributed by atoms with E-state index in [2.05, 4.69) is 69.4 Å². The highest BCUT2D eigenvalue weighted by Crippen LogP contribution is 2.27. The van der Waals surface area contributed by atoms with Crippen molar-refractivity contribution < 1.29 is 4.74 Å². The van der Waals surface area contributed by atoms with Crippen LogP contribution >= 0.6 is 0 Å². The number of ether oxygens (including phenoxy) is 1. The van der Waals surface area contributed by atoms with Crippen molar-refractivity contribution in [1.82, 2.24) is 5.32 Å². The van der Waals surface area contributed by atoms with Gasteiger partial charge in [0.1, 0.15) is 12.4 Å². The van der Waals surface area contributed by atoms with Crippen LogP contribution in [0.4, 0.5) is 0 Å². The molecule has 1 unspecified atom stereocenters. The summed E-state index contributed by atoms with van der Waals surface area (Å²) in [6, 6.07) is 13.2. The molecule has 0 saturated carbocycles. The van der Waals surface area contributed by atoms with Crippen molar-refractivity contribution in [2.24, 2.45) is 0 Å². The Morgan fingerprint density at radius 2 is 1.67 bits per heavy atom. The number of rotatable bonds is 5. The summed E-state index contributed by atoms with van der Waals surface area (Å²) in [6.07, 6.45) is 0. The van der Waals surface area contributed by atoms with Gasteiger partial charge in [0.15, 0.2) is 0 Å². The maximum absolute atomic E-state index is 6.12. The minimum Gasteiger partial charge on any atom is -0.489 e. The van der Waals surface area contributed by atoms with E-state index in [1.54, 1.807) is 0 Å². The Labute approximate surface area is 128 Å². The molecule has 1 atom stereocenters. The molecule has 0 spiro atoms. The van der Waals surface area contributed by atoms with E-state index in [4.69, 9.17) is 4.74 Å². The summed E-state index contributed by atoms with van der Waals surface area (Å²) in [6.45, 7) is 9.10. The monoisotopic (exact) mass is 283 g/mol. The summed E-state index contributed by atoms with van der Waals surface area (Å²) in [5, 5.41) is 3.28. The van der Waals surface area contributed by atoms with Crippen molar-refractivity contribution in [1.29, 1.82) is 0 Å². The lowest BCUT2D eigenvalue weighted by Crippen LogP contribution is -2.14. The van der Waals surface area contributed by atoms with Crippen LogP contribution < -0.4 is 10.1 Å². The van der Waals surface area contributed by atoms with Gasteiger partial charge in [-0.3, -0.25) is 0 Å². The van der Waals surface area contributed by atoms with Crippen LogP contribution in [0.3, 0.4) is 0 Å². The molecule has 0 aromatic heterocycles. The quantitative estimate of drug-likeness (QED) is 0.874. The lowest BCUT2D eigenvalue weighted by molar-refractivity contribution is 0.299. The molecule has 0 amide bonds. The first-order chi connectivity index (χ1) is 10.0. The SMILES string of the molecule is CNC(C)c1ccc(C)cc1OCc1cc(C)ccc1C. The molecular weight excluding hydrogens is 258 g/mol. The highest BCUT2D eigenvalue weighted by molar-refractivity contribution is 5.39. The molecule has 2 aromatic carbocycles. The van der Waals surface area contributed by atoms with Gasteiger partial charge in [0.2, 0.25) is 0 Å². The molecule has 0 aliphatic carbocycles. The Morgan fingerprint density at radius 1 is 1.00 bits per heavy atom. The molecule has 2 rings (SSSR count). The zero-order valence-corrected chi connectivity index (χ0v) is 13.7. The van der Waals surface area contributed by atoms with Gasteiger partial charge < -0.3 is 10.1 Å². The summed E-state index contributed by atoms with van der Waals surface area (Å²) in [4.78, 5) is 0. The summed E-state index contributed by atoms with van der Waals surface area (Å²) in [7, 11) is 1.97. The molecule has 0 bridgehead atoms. The maximum atomic E-state index is 6.12. The lowest BCUT2D eigenvalue weighted by atomic mass is 10.0. The van der Waals surface area contributed by atoms with E-state index < -0.39 is 0 Å². The number of aryl methyl sites for hydroxylation is 3. The molecule has 0 heterocycles. The molecule has 2 aromatic rings. The van der Waals surface area contributed by atoms with Gasteiger partial charge in [0.05, 0.1) is 0 Å². The van der Waals surface area contributed by atoms with Crippen molar-refractivity contribution in [3.63, 3.8) is 0 Å². The van der Waals surface area contributed by atoms with Crippen LogP contribution in [0.1, 0.15) is 40.8 Å². The van der Waals surface area contributed by atoms with Crippen LogP contribution in [-0.2, 0) is 6.61 Å². The Bertz CT molecular complexity index is 619. The van der Waals surface area contributed by atoms with Crippen LogP contribution in [0, 0.1) is 20.8 Å². The molecule has 21 heavy (non-hydrogen) atoms. The summed E-state index contributed by atoms with van der Waals surface area (Å²) in [5.74, 6) is 0.970. The number of hydrogen-bond acceptors (Lipinski definition) is 2. The topological polar surface area (TPSA) is 21.3 Å². The second kappa shape index (κ2) is 6.77. The van der Waals surface area contributed by atoms with Crippen molar-refractivity contribution in [3.05, 3.63) is 64.2 Å². The molecule has 0 radical (unpaired) electrons. The van der Waals surface area contributed by atoms with Gasteiger partial charge in [-0.1, -0.05) is 35.9 Å². The molecule has 0 aliphatic rings. The van der Waals surface area contributed by atoms with E-state index in [1.165, 1.54) is 27.8 Å². The molecule has 1 N–H and O–H groups in total. The zero-order chi connectivity index (χ0) is 15.4. The van der Waals surface area contributed by atoms with Gasteiger partial charge in [0.25, 0.3) is 0 Å². The highest BCUT2D eigenvalue weighted by Gasteiger charge is 2.11. The van der Waals surface area contributed by atoms with Gasteiger partial charge in [-0.2, -0.15) is 0 Å². The van der Waals surface area contributed by atoms with Crippen LogP contribution in [0.5, 0.6) is 5.75 Å². The first-order valence-electron chi connectivity index (χ1n) is 7.48. The standard InChI is InChI=1S/C19H25NO/c1-13-6-8-15(3)17(10-13)12-21-19-11-14(2)7-9-18(19)16(4)20-5/h6-11,16,20H,12H2,1-5H3. The molecule has 112 valence electrons. The lowest BCUT2D eigenvalue weighted by Gasteiger charge is -2.18. The largest absolute Gasteiger partial charge is 0.489 e. The fourth-order valence-corrected chi connectivity index (χ4v) is 2.39. The predicted octanol–water partition coefficient (Wildman–Crippen LogP) is 4.47. The second-order valence-corrected chi connectivity index (χ2v) is 5.77. The molecular formula is C19H25NO. The fourth-order valence-electron chi connectivity index (χ4n) is 2.39. The Hall–Kier alpha value is -1.80. The van der Waals surface area contributed by atoms with E-state index in [0.717, 1.165) is 5.75 Å². The smallest absolute Gasteiger partial charge is 0.124 e. The van der Waals surface area contributed by atoms with Crippen molar-refractivity contribution in [3.8, 4) is 5.75 Å². The highest BCUT2D eigenvalue weighted by atomic mass is 16.5. The van der Waals surface area contributed by atoms with Gasteiger partial charge in [-0.05, 0) is 57.5 Å². The Kier molecular flexibility index (Phi) is 5.03. The third-order valence-electron chi connectivity index (χ3n) is 3.96. The zero-order valence-electron chi connectivity index (χ0n) is 13.7.